The monoisotopic (exact) mass is 348 g/mol. The Kier molecular flexibility index (Phi) is 4.16. The van der Waals surface area contributed by atoms with E-state index in [1.807, 2.05) is 29.0 Å². The first-order valence-corrected chi connectivity index (χ1v) is 8.69. The van der Waals surface area contributed by atoms with Gasteiger partial charge in [0.25, 0.3) is 11.5 Å². The summed E-state index contributed by atoms with van der Waals surface area (Å²) in [6.07, 6.45) is 7.26. The third-order valence-electron chi connectivity index (χ3n) is 4.98. The fourth-order valence-corrected chi connectivity index (χ4v) is 3.67. The summed E-state index contributed by atoms with van der Waals surface area (Å²) >= 11 is 0. The lowest BCUT2D eigenvalue weighted by molar-refractivity contribution is 0.0916. The molecule has 0 radical (unpaired) electrons. The number of amides is 1. The number of hydrogen-bond acceptors (Lipinski definition) is 3. The van der Waals surface area contributed by atoms with Crippen molar-refractivity contribution in [2.75, 3.05) is 0 Å². The number of carbonyl (C=O) groups excluding carboxylic acids is 1. The number of hydrogen-bond donors (Lipinski definition) is 2. The third kappa shape index (κ3) is 2.94. The maximum atomic E-state index is 12.8. The van der Waals surface area contributed by atoms with E-state index in [2.05, 4.69) is 21.4 Å². The van der Waals surface area contributed by atoms with Crippen LogP contribution in [-0.4, -0.2) is 20.4 Å². The van der Waals surface area contributed by atoms with E-state index in [0.29, 0.717) is 0 Å². The number of fused-ring (bicyclic) bond motifs is 1. The average Bonchev–Trinajstić information content (AvgIpc) is 3.16. The van der Waals surface area contributed by atoms with Crippen molar-refractivity contribution in [1.29, 1.82) is 0 Å². The molecule has 2 heterocycles. The van der Waals surface area contributed by atoms with Gasteiger partial charge in [0, 0.05) is 18.1 Å². The summed E-state index contributed by atoms with van der Waals surface area (Å²) < 4.78 is 2.03. The minimum absolute atomic E-state index is 0.0564. The number of aryl methyl sites for hydroxylation is 2. The molecule has 2 aromatic heterocycles. The zero-order chi connectivity index (χ0) is 18.1. The number of benzene rings is 1. The molecule has 132 valence electrons. The second kappa shape index (κ2) is 6.63. The van der Waals surface area contributed by atoms with Crippen LogP contribution in [0.2, 0.25) is 0 Å². The molecule has 0 saturated heterocycles. The van der Waals surface area contributed by atoms with Gasteiger partial charge in [0.1, 0.15) is 5.56 Å². The Morgan fingerprint density at radius 3 is 2.88 bits per heavy atom. The van der Waals surface area contributed by atoms with Gasteiger partial charge in [-0.05, 0) is 43.0 Å². The second-order valence-corrected chi connectivity index (χ2v) is 6.65. The maximum absolute atomic E-state index is 12.8. The van der Waals surface area contributed by atoms with Gasteiger partial charge in [0.05, 0.1) is 18.4 Å². The summed E-state index contributed by atoms with van der Waals surface area (Å²) in [5.74, 6) is -0.363. The highest BCUT2D eigenvalue weighted by Crippen LogP contribution is 2.37. The number of aromatic nitrogens is 3. The molecule has 0 aliphatic heterocycles. The van der Waals surface area contributed by atoms with Gasteiger partial charge < -0.3 is 14.9 Å². The van der Waals surface area contributed by atoms with Crippen LogP contribution in [0.5, 0.6) is 0 Å². The first-order valence-electron chi connectivity index (χ1n) is 8.69. The van der Waals surface area contributed by atoms with Crippen LogP contribution in [0.15, 0.2) is 59.9 Å². The minimum atomic E-state index is -0.370. The van der Waals surface area contributed by atoms with Crippen LogP contribution < -0.4 is 10.9 Å². The summed E-state index contributed by atoms with van der Waals surface area (Å²) in [5.41, 5.74) is 2.81. The van der Waals surface area contributed by atoms with Gasteiger partial charge in [-0.2, -0.15) is 0 Å². The van der Waals surface area contributed by atoms with Gasteiger partial charge in [-0.25, -0.2) is 4.98 Å². The summed E-state index contributed by atoms with van der Waals surface area (Å²) in [4.78, 5) is 31.8. The zero-order valence-corrected chi connectivity index (χ0v) is 14.5. The number of carbonyl (C=O) groups is 1. The molecular weight excluding hydrogens is 328 g/mol. The van der Waals surface area contributed by atoms with Crippen molar-refractivity contribution in [2.24, 2.45) is 0 Å². The molecule has 26 heavy (non-hydrogen) atoms. The van der Waals surface area contributed by atoms with E-state index >= 15 is 0 Å². The molecule has 1 amide bonds. The first kappa shape index (κ1) is 16.3. The lowest BCUT2D eigenvalue weighted by Gasteiger charge is -2.35. The van der Waals surface area contributed by atoms with Crippen molar-refractivity contribution in [3.8, 4) is 0 Å². The molecule has 6 heteroatoms. The molecule has 0 bridgehead atoms. The van der Waals surface area contributed by atoms with Crippen LogP contribution in [0, 0.1) is 6.92 Å². The molecule has 2 atom stereocenters. The highest BCUT2D eigenvalue weighted by atomic mass is 16.2. The van der Waals surface area contributed by atoms with Crippen LogP contribution in [-0.2, 0) is 6.42 Å². The fourth-order valence-electron chi connectivity index (χ4n) is 3.67. The molecule has 0 saturated carbocycles. The molecule has 0 fully saturated rings. The van der Waals surface area contributed by atoms with E-state index in [4.69, 9.17) is 0 Å². The number of nitrogens with one attached hydrogen (secondary N) is 2. The number of aromatic amines is 1. The Morgan fingerprint density at radius 1 is 1.27 bits per heavy atom. The Hall–Kier alpha value is -3.15. The molecule has 2 unspecified atom stereocenters. The number of nitrogens with zero attached hydrogens (tertiary/aromatic N) is 2. The van der Waals surface area contributed by atoms with Crippen molar-refractivity contribution < 1.29 is 4.79 Å². The molecule has 1 aliphatic carbocycles. The highest BCUT2D eigenvalue weighted by Gasteiger charge is 2.32. The Balaban J connectivity index is 1.70. The number of H-pyrrole nitrogens is 1. The van der Waals surface area contributed by atoms with Gasteiger partial charge in [0.2, 0.25) is 0 Å². The Morgan fingerprint density at radius 2 is 2.12 bits per heavy atom. The van der Waals surface area contributed by atoms with E-state index in [0.717, 1.165) is 24.1 Å². The van der Waals surface area contributed by atoms with E-state index in [1.54, 1.807) is 31.6 Å². The van der Waals surface area contributed by atoms with Crippen molar-refractivity contribution in [2.45, 2.75) is 31.8 Å². The van der Waals surface area contributed by atoms with Crippen LogP contribution in [0.25, 0.3) is 0 Å². The average molecular weight is 348 g/mol. The van der Waals surface area contributed by atoms with Crippen molar-refractivity contribution >= 4 is 5.91 Å². The molecule has 1 aliphatic rings. The highest BCUT2D eigenvalue weighted by molar-refractivity contribution is 5.94. The molecule has 1 aromatic carbocycles. The third-order valence-corrected chi connectivity index (χ3v) is 4.98. The second-order valence-electron chi connectivity index (χ2n) is 6.65. The number of pyridine rings is 1. The fraction of sp³-hybridized carbons (Fsp3) is 0.250. The van der Waals surface area contributed by atoms with E-state index in [1.165, 1.54) is 5.56 Å². The van der Waals surface area contributed by atoms with Gasteiger partial charge in [-0.3, -0.25) is 9.59 Å². The van der Waals surface area contributed by atoms with Crippen molar-refractivity contribution in [3.63, 3.8) is 0 Å². The van der Waals surface area contributed by atoms with E-state index < -0.39 is 0 Å². The van der Waals surface area contributed by atoms with Gasteiger partial charge in [0.15, 0.2) is 0 Å². The van der Waals surface area contributed by atoms with E-state index in [-0.39, 0.29) is 29.1 Å². The smallest absolute Gasteiger partial charge is 0.260 e. The molecule has 4 rings (SSSR count). The molecule has 3 aromatic rings. The van der Waals surface area contributed by atoms with Gasteiger partial charge >= 0.3 is 0 Å². The van der Waals surface area contributed by atoms with Crippen molar-refractivity contribution in [1.82, 2.24) is 19.9 Å². The van der Waals surface area contributed by atoms with E-state index in [9.17, 15) is 9.59 Å². The largest absolute Gasteiger partial charge is 0.343 e. The quantitative estimate of drug-likeness (QED) is 0.763. The normalized spacial score (nSPS) is 19.0. The summed E-state index contributed by atoms with van der Waals surface area (Å²) in [5, 5.41) is 3.08. The topological polar surface area (TPSA) is 79.8 Å². The summed E-state index contributed by atoms with van der Waals surface area (Å²) in [7, 11) is 0. The lowest BCUT2D eigenvalue weighted by atomic mass is 9.83. The molecular formula is C20H20N4O2. The van der Waals surface area contributed by atoms with Gasteiger partial charge in [-0.15, -0.1) is 0 Å². The Bertz CT molecular complexity index is 991. The van der Waals surface area contributed by atoms with Gasteiger partial charge in [-0.1, -0.05) is 24.3 Å². The first-order chi connectivity index (χ1) is 12.6. The zero-order valence-electron chi connectivity index (χ0n) is 14.5. The van der Waals surface area contributed by atoms with Crippen LogP contribution in [0.1, 0.15) is 45.7 Å². The lowest BCUT2D eigenvalue weighted by Crippen LogP contribution is -2.39. The SMILES string of the molecule is Cc1ccc(C(=O)NC2c3ccccc3CCC2n2ccnc2)c(=O)[nH]1. The predicted octanol–water partition coefficient (Wildman–Crippen LogP) is 2.54. The summed E-state index contributed by atoms with van der Waals surface area (Å²) in [6.45, 7) is 1.79. The maximum Gasteiger partial charge on any atom is 0.260 e. The van der Waals surface area contributed by atoms with Crippen LogP contribution in [0.3, 0.4) is 0 Å². The molecule has 6 nitrogen and oxygen atoms in total. The number of imidazole rings is 1. The standard InChI is InChI=1S/C20H20N4O2/c1-13-6-8-16(19(25)22-13)20(26)23-18-15-5-3-2-4-14(15)7-9-17(18)24-11-10-21-12-24/h2-6,8,10-12,17-18H,7,9H2,1H3,(H,22,25)(H,23,26). The number of rotatable bonds is 3. The van der Waals surface area contributed by atoms with Crippen LogP contribution in [0.4, 0.5) is 0 Å². The van der Waals surface area contributed by atoms with Crippen molar-refractivity contribution in [3.05, 3.63) is 87.9 Å². The Labute approximate surface area is 150 Å². The molecule has 2 N–H and O–H groups in total. The minimum Gasteiger partial charge on any atom is -0.343 e. The molecule has 0 spiro atoms. The summed E-state index contributed by atoms with van der Waals surface area (Å²) in [6, 6.07) is 11.3. The van der Waals surface area contributed by atoms with Crippen LogP contribution >= 0.6 is 0 Å². The predicted molar refractivity (Wildman–Crippen MR) is 98.0 cm³/mol.